The van der Waals surface area contributed by atoms with Gasteiger partial charge in [0.1, 0.15) is 5.69 Å². The van der Waals surface area contributed by atoms with Gasteiger partial charge < -0.3 is 9.47 Å². The molecule has 0 N–H and O–H groups in total. The molecule has 8 nitrogen and oxygen atoms in total. The summed E-state index contributed by atoms with van der Waals surface area (Å²) in [5.74, 6) is -0.311. The standard InChI is InChI=1S/C28H28N4O4S/c1-18-8-4-5-9-21(18)17-30-27(33)26(37-28(30)34)15-22-14-19(2)31(20(22)3)23-10-11-24(25(16-23)32(35)36)29-12-6-7-13-29/h4-5,8-11,14-16H,6-7,12-13,17H2,1-3H3/b26-15-. The monoisotopic (exact) mass is 516 g/mol. The van der Waals surface area contributed by atoms with Crippen LogP contribution in [0.25, 0.3) is 11.8 Å². The average molecular weight is 517 g/mol. The number of hydrogen-bond donors (Lipinski definition) is 0. The molecule has 2 aliphatic rings. The molecule has 2 aromatic carbocycles. The number of carbonyl (C=O) groups is 2. The van der Waals surface area contributed by atoms with Gasteiger partial charge in [0.05, 0.1) is 22.1 Å². The van der Waals surface area contributed by atoms with Crippen molar-refractivity contribution < 1.29 is 14.5 Å². The van der Waals surface area contributed by atoms with Gasteiger partial charge in [-0.25, -0.2) is 0 Å². The fraction of sp³-hybridized carbons (Fsp3) is 0.286. The van der Waals surface area contributed by atoms with Crippen molar-refractivity contribution in [3.8, 4) is 5.69 Å². The van der Waals surface area contributed by atoms with Crippen molar-refractivity contribution in [1.82, 2.24) is 9.47 Å². The molecule has 2 saturated heterocycles. The van der Waals surface area contributed by atoms with Crippen LogP contribution in [0.5, 0.6) is 0 Å². The number of nitro groups is 1. The van der Waals surface area contributed by atoms with E-state index in [1.807, 2.05) is 67.8 Å². The van der Waals surface area contributed by atoms with Crippen LogP contribution in [0.15, 0.2) is 53.4 Å². The third-order valence-corrected chi connectivity index (χ3v) is 7.99. The minimum Gasteiger partial charge on any atom is -0.366 e. The summed E-state index contributed by atoms with van der Waals surface area (Å²) in [4.78, 5) is 41.1. The van der Waals surface area contributed by atoms with E-state index in [4.69, 9.17) is 0 Å². The van der Waals surface area contributed by atoms with E-state index >= 15 is 0 Å². The van der Waals surface area contributed by atoms with Crippen molar-refractivity contribution in [3.05, 3.63) is 91.6 Å². The van der Waals surface area contributed by atoms with Gasteiger partial charge in [-0.05, 0) is 86.3 Å². The molecule has 3 heterocycles. The number of aromatic nitrogens is 1. The van der Waals surface area contributed by atoms with Gasteiger partial charge in [-0.2, -0.15) is 0 Å². The maximum atomic E-state index is 13.1. The number of amides is 2. The molecule has 2 aliphatic heterocycles. The van der Waals surface area contributed by atoms with Crippen LogP contribution < -0.4 is 4.90 Å². The van der Waals surface area contributed by atoms with Crippen LogP contribution in [-0.4, -0.2) is 38.6 Å². The summed E-state index contributed by atoms with van der Waals surface area (Å²) in [6.07, 6.45) is 3.82. The van der Waals surface area contributed by atoms with Gasteiger partial charge in [-0.15, -0.1) is 0 Å². The van der Waals surface area contributed by atoms with Crippen molar-refractivity contribution in [2.75, 3.05) is 18.0 Å². The minimum absolute atomic E-state index is 0.0887. The first-order valence-electron chi connectivity index (χ1n) is 12.3. The maximum absolute atomic E-state index is 13.1. The molecule has 0 radical (unpaired) electrons. The molecule has 9 heteroatoms. The first kappa shape index (κ1) is 24.8. The molecule has 1 aromatic heterocycles. The topological polar surface area (TPSA) is 88.7 Å². The highest BCUT2D eigenvalue weighted by molar-refractivity contribution is 8.18. The Bertz CT molecular complexity index is 1450. The van der Waals surface area contributed by atoms with Crippen LogP contribution in [0.4, 0.5) is 16.2 Å². The zero-order valence-corrected chi connectivity index (χ0v) is 21.9. The van der Waals surface area contributed by atoms with Crippen molar-refractivity contribution in [2.24, 2.45) is 0 Å². The van der Waals surface area contributed by atoms with Crippen molar-refractivity contribution in [3.63, 3.8) is 0 Å². The Morgan fingerprint density at radius 1 is 1.03 bits per heavy atom. The SMILES string of the molecule is Cc1ccccc1CN1C(=O)S/C(=C\c2cc(C)n(-c3ccc(N4CCCC4)c([N+](=O)[O-])c3)c2C)C1=O. The van der Waals surface area contributed by atoms with Crippen LogP contribution in [0.2, 0.25) is 0 Å². The molecule has 2 amide bonds. The largest absolute Gasteiger partial charge is 0.366 e. The predicted molar refractivity (Wildman–Crippen MR) is 146 cm³/mol. The molecule has 0 aliphatic carbocycles. The zero-order chi connectivity index (χ0) is 26.3. The summed E-state index contributed by atoms with van der Waals surface area (Å²) in [6.45, 7) is 7.68. The van der Waals surface area contributed by atoms with Gasteiger partial charge in [-0.1, -0.05) is 24.3 Å². The summed E-state index contributed by atoms with van der Waals surface area (Å²) >= 11 is 0.938. The number of aryl methyl sites for hydroxylation is 2. The molecule has 0 unspecified atom stereocenters. The molecule has 5 rings (SSSR count). The lowest BCUT2D eigenvalue weighted by molar-refractivity contribution is -0.384. The van der Waals surface area contributed by atoms with Gasteiger partial charge in [0.15, 0.2) is 0 Å². The maximum Gasteiger partial charge on any atom is 0.294 e. The number of imide groups is 1. The van der Waals surface area contributed by atoms with Gasteiger partial charge >= 0.3 is 0 Å². The van der Waals surface area contributed by atoms with E-state index in [1.54, 1.807) is 12.1 Å². The molecular formula is C28H28N4O4S. The number of anilines is 1. The second kappa shape index (κ2) is 9.89. The van der Waals surface area contributed by atoms with Gasteiger partial charge in [0, 0.05) is 30.5 Å². The van der Waals surface area contributed by atoms with E-state index in [9.17, 15) is 19.7 Å². The average Bonchev–Trinajstić information content (AvgIpc) is 3.56. The Labute approximate surface area is 219 Å². The van der Waals surface area contributed by atoms with E-state index in [2.05, 4.69) is 4.90 Å². The van der Waals surface area contributed by atoms with Crippen LogP contribution in [0.1, 0.15) is 40.9 Å². The molecular weight excluding hydrogens is 488 g/mol. The fourth-order valence-electron chi connectivity index (χ4n) is 5.09. The van der Waals surface area contributed by atoms with Crippen LogP contribution in [-0.2, 0) is 11.3 Å². The highest BCUT2D eigenvalue weighted by atomic mass is 32.2. The van der Waals surface area contributed by atoms with E-state index in [0.717, 1.165) is 65.8 Å². The number of benzene rings is 2. The normalized spacial score (nSPS) is 16.9. The number of carbonyl (C=O) groups excluding carboxylic acids is 2. The van der Waals surface area contributed by atoms with E-state index in [1.165, 1.54) is 4.90 Å². The third-order valence-electron chi connectivity index (χ3n) is 7.08. The third kappa shape index (κ3) is 4.67. The molecule has 0 atom stereocenters. The van der Waals surface area contributed by atoms with Crippen LogP contribution in [0, 0.1) is 30.9 Å². The number of nitro benzene ring substituents is 1. The van der Waals surface area contributed by atoms with E-state index < -0.39 is 0 Å². The number of rotatable bonds is 6. The van der Waals surface area contributed by atoms with Gasteiger partial charge in [-0.3, -0.25) is 24.6 Å². The van der Waals surface area contributed by atoms with Crippen molar-refractivity contribution >= 4 is 40.4 Å². The molecule has 190 valence electrons. The summed E-state index contributed by atoms with van der Waals surface area (Å²) < 4.78 is 1.95. The molecule has 2 fully saturated rings. The molecule has 3 aromatic rings. The first-order valence-corrected chi connectivity index (χ1v) is 13.1. The Balaban J connectivity index is 1.45. The van der Waals surface area contributed by atoms with E-state index in [-0.39, 0.29) is 28.3 Å². The summed E-state index contributed by atoms with van der Waals surface area (Å²) in [6, 6.07) is 15.0. The zero-order valence-electron chi connectivity index (χ0n) is 21.1. The highest BCUT2D eigenvalue weighted by Crippen LogP contribution is 2.37. The number of thioether (sulfide) groups is 1. The molecule has 37 heavy (non-hydrogen) atoms. The van der Waals surface area contributed by atoms with Gasteiger partial charge in [0.25, 0.3) is 16.8 Å². The Kier molecular flexibility index (Phi) is 6.64. The lowest BCUT2D eigenvalue weighted by Crippen LogP contribution is -2.27. The highest BCUT2D eigenvalue weighted by Gasteiger charge is 2.35. The fourth-order valence-corrected chi connectivity index (χ4v) is 5.92. The first-order chi connectivity index (χ1) is 17.7. The predicted octanol–water partition coefficient (Wildman–Crippen LogP) is 6.15. The second-order valence-electron chi connectivity index (χ2n) is 9.48. The van der Waals surface area contributed by atoms with Gasteiger partial charge in [0.2, 0.25) is 0 Å². The molecule has 0 saturated carbocycles. The smallest absolute Gasteiger partial charge is 0.294 e. The number of hydrogen-bond acceptors (Lipinski definition) is 6. The lowest BCUT2D eigenvalue weighted by atomic mass is 10.1. The number of nitrogens with zero attached hydrogens (tertiary/aromatic N) is 4. The van der Waals surface area contributed by atoms with E-state index in [0.29, 0.717) is 16.3 Å². The van der Waals surface area contributed by atoms with Crippen LogP contribution in [0.3, 0.4) is 0 Å². The second-order valence-corrected chi connectivity index (χ2v) is 10.5. The molecule has 0 spiro atoms. The minimum atomic E-state index is -0.323. The summed E-state index contributed by atoms with van der Waals surface area (Å²) in [7, 11) is 0. The van der Waals surface area contributed by atoms with Crippen molar-refractivity contribution in [1.29, 1.82) is 0 Å². The molecule has 0 bridgehead atoms. The lowest BCUT2D eigenvalue weighted by Gasteiger charge is -2.19. The van der Waals surface area contributed by atoms with Crippen LogP contribution >= 0.6 is 11.8 Å². The Morgan fingerprint density at radius 3 is 2.46 bits per heavy atom. The summed E-state index contributed by atoms with van der Waals surface area (Å²) in [5, 5.41) is 11.6. The van der Waals surface area contributed by atoms with Crippen molar-refractivity contribution in [2.45, 2.75) is 40.2 Å². The summed E-state index contributed by atoms with van der Waals surface area (Å²) in [5.41, 5.74) is 5.91. The Morgan fingerprint density at radius 2 is 1.76 bits per heavy atom. The quantitative estimate of drug-likeness (QED) is 0.222. The Hall–Kier alpha value is -3.85.